The molecule has 1 aromatic carbocycles. The Kier molecular flexibility index (Phi) is 4.08. The van der Waals surface area contributed by atoms with Crippen molar-refractivity contribution in [2.45, 2.75) is 59.0 Å². The van der Waals surface area contributed by atoms with Crippen LogP contribution in [0.3, 0.4) is 0 Å². The minimum absolute atomic E-state index is 0.0670. The summed E-state index contributed by atoms with van der Waals surface area (Å²) in [5, 5.41) is 0. The van der Waals surface area contributed by atoms with Gasteiger partial charge in [0, 0.05) is 23.0 Å². The summed E-state index contributed by atoms with van der Waals surface area (Å²) in [4.78, 5) is 2.59. The van der Waals surface area contributed by atoms with Gasteiger partial charge < -0.3 is 4.74 Å². The van der Waals surface area contributed by atoms with Gasteiger partial charge in [0.25, 0.3) is 0 Å². The number of fused-ring (bicyclic) bond motifs is 1. The van der Waals surface area contributed by atoms with Crippen molar-refractivity contribution in [1.82, 2.24) is 4.90 Å². The number of nitrogens with zero attached hydrogens (tertiary/aromatic N) is 1. The molecule has 1 saturated heterocycles. The van der Waals surface area contributed by atoms with Gasteiger partial charge in [-0.1, -0.05) is 22.4 Å². The predicted octanol–water partition coefficient (Wildman–Crippen LogP) is 4.55. The van der Waals surface area contributed by atoms with E-state index in [4.69, 9.17) is 4.74 Å². The zero-order chi connectivity index (χ0) is 15.2. The number of ether oxygens (including phenoxy) is 1. The SMILES string of the molecule is Cc1c(C)c2c(c(C)c1Br)CC(C)(CN1CCCCC1)O2. The van der Waals surface area contributed by atoms with Gasteiger partial charge in [-0.2, -0.15) is 0 Å². The van der Waals surface area contributed by atoms with Gasteiger partial charge in [0.1, 0.15) is 11.4 Å². The largest absolute Gasteiger partial charge is 0.485 e. The van der Waals surface area contributed by atoms with Crippen molar-refractivity contribution in [1.29, 1.82) is 0 Å². The summed E-state index contributed by atoms with van der Waals surface area (Å²) in [5.41, 5.74) is 5.31. The molecule has 2 aliphatic rings. The highest BCUT2D eigenvalue weighted by Crippen LogP contribution is 2.44. The van der Waals surface area contributed by atoms with E-state index in [0.29, 0.717) is 0 Å². The molecule has 0 aliphatic carbocycles. The quantitative estimate of drug-likeness (QED) is 0.774. The van der Waals surface area contributed by atoms with Crippen molar-refractivity contribution >= 4 is 15.9 Å². The molecule has 0 bridgehead atoms. The Morgan fingerprint density at radius 2 is 1.71 bits per heavy atom. The lowest BCUT2D eigenvalue weighted by Gasteiger charge is -2.34. The Labute approximate surface area is 137 Å². The average Bonchev–Trinajstić information content (AvgIpc) is 2.82. The Hall–Kier alpha value is -0.540. The number of piperidine rings is 1. The van der Waals surface area contributed by atoms with Crippen molar-refractivity contribution in [3.8, 4) is 5.75 Å². The van der Waals surface area contributed by atoms with Crippen LogP contribution in [-0.2, 0) is 6.42 Å². The Morgan fingerprint density at radius 3 is 2.38 bits per heavy atom. The van der Waals surface area contributed by atoms with Gasteiger partial charge >= 0.3 is 0 Å². The second-order valence-electron chi connectivity index (χ2n) is 7.06. The normalized spacial score (nSPS) is 25.8. The lowest BCUT2D eigenvalue weighted by molar-refractivity contribution is 0.0549. The summed E-state index contributed by atoms with van der Waals surface area (Å²) in [6.45, 7) is 12.4. The van der Waals surface area contributed by atoms with E-state index in [9.17, 15) is 0 Å². The fourth-order valence-corrected chi connectivity index (χ4v) is 4.37. The van der Waals surface area contributed by atoms with Crippen LogP contribution in [-0.4, -0.2) is 30.1 Å². The summed E-state index contributed by atoms with van der Waals surface area (Å²) in [6.07, 6.45) is 5.10. The molecular formula is C18H26BrNO. The van der Waals surface area contributed by atoms with Gasteiger partial charge in [-0.05, 0) is 70.3 Å². The highest BCUT2D eigenvalue weighted by Gasteiger charge is 2.39. The summed E-state index contributed by atoms with van der Waals surface area (Å²) in [6, 6.07) is 0. The van der Waals surface area contributed by atoms with E-state index in [0.717, 1.165) is 18.7 Å². The molecule has 1 atom stereocenters. The molecule has 1 fully saturated rings. The average molecular weight is 352 g/mol. The minimum Gasteiger partial charge on any atom is -0.485 e. The van der Waals surface area contributed by atoms with Gasteiger partial charge in [0.15, 0.2) is 0 Å². The van der Waals surface area contributed by atoms with E-state index in [2.05, 4.69) is 48.5 Å². The topological polar surface area (TPSA) is 12.5 Å². The smallest absolute Gasteiger partial charge is 0.127 e. The van der Waals surface area contributed by atoms with Crippen molar-refractivity contribution in [3.63, 3.8) is 0 Å². The molecule has 0 saturated carbocycles. The first-order chi connectivity index (χ1) is 9.91. The number of hydrogen-bond donors (Lipinski definition) is 0. The zero-order valence-corrected chi connectivity index (χ0v) is 15.3. The van der Waals surface area contributed by atoms with Gasteiger partial charge in [0.2, 0.25) is 0 Å². The summed E-state index contributed by atoms with van der Waals surface area (Å²) < 4.78 is 7.74. The fourth-order valence-electron chi connectivity index (χ4n) is 3.83. The summed E-state index contributed by atoms with van der Waals surface area (Å²) in [7, 11) is 0. The van der Waals surface area contributed by atoms with Gasteiger partial charge in [-0.3, -0.25) is 4.90 Å². The number of halogens is 1. The molecule has 0 radical (unpaired) electrons. The van der Waals surface area contributed by atoms with Gasteiger partial charge in [-0.15, -0.1) is 0 Å². The van der Waals surface area contributed by atoms with Crippen LogP contribution in [0.4, 0.5) is 0 Å². The Bertz CT molecular complexity index is 524. The zero-order valence-electron chi connectivity index (χ0n) is 13.7. The Morgan fingerprint density at radius 1 is 1.05 bits per heavy atom. The van der Waals surface area contributed by atoms with E-state index in [1.165, 1.54) is 59.1 Å². The van der Waals surface area contributed by atoms with Crippen LogP contribution in [0.15, 0.2) is 4.47 Å². The van der Waals surface area contributed by atoms with Crippen LogP contribution in [0.1, 0.15) is 48.4 Å². The minimum atomic E-state index is -0.0670. The monoisotopic (exact) mass is 351 g/mol. The first kappa shape index (κ1) is 15.4. The molecule has 2 aliphatic heterocycles. The molecule has 0 aromatic heterocycles. The lowest BCUT2D eigenvalue weighted by Crippen LogP contribution is -2.46. The maximum atomic E-state index is 6.48. The molecule has 3 rings (SSSR count). The summed E-state index contributed by atoms with van der Waals surface area (Å²) >= 11 is 3.75. The third kappa shape index (κ3) is 2.75. The molecule has 1 unspecified atom stereocenters. The van der Waals surface area contributed by atoms with Crippen LogP contribution in [0.5, 0.6) is 5.75 Å². The van der Waals surface area contributed by atoms with Crippen molar-refractivity contribution < 1.29 is 4.74 Å². The maximum absolute atomic E-state index is 6.48. The first-order valence-corrected chi connectivity index (χ1v) is 8.90. The second-order valence-corrected chi connectivity index (χ2v) is 7.86. The highest BCUT2D eigenvalue weighted by atomic mass is 79.9. The second kappa shape index (κ2) is 5.58. The maximum Gasteiger partial charge on any atom is 0.127 e. The van der Waals surface area contributed by atoms with Crippen LogP contribution < -0.4 is 4.74 Å². The van der Waals surface area contributed by atoms with E-state index in [-0.39, 0.29) is 5.60 Å². The van der Waals surface area contributed by atoms with Crippen LogP contribution in [0.2, 0.25) is 0 Å². The fraction of sp³-hybridized carbons (Fsp3) is 0.667. The summed E-state index contributed by atoms with van der Waals surface area (Å²) in [5.74, 6) is 1.15. The predicted molar refractivity (Wildman–Crippen MR) is 91.4 cm³/mol. The molecule has 116 valence electrons. The molecule has 3 heteroatoms. The van der Waals surface area contributed by atoms with E-state index < -0.39 is 0 Å². The first-order valence-electron chi connectivity index (χ1n) is 8.11. The molecule has 2 nitrogen and oxygen atoms in total. The van der Waals surface area contributed by atoms with Crippen molar-refractivity contribution in [2.24, 2.45) is 0 Å². The number of rotatable bonds is 2. The van der Waals surface area contributed by atoms with Crippen molar-refractivity contribution in [2.75, 3.05) is 19.6 Å². The van der Waals surface area contributed by atoms with Crippen LogP contribution in [0, 0.1) is 20.8 Å². The standard InChI is InChI=1S/C18H26BrNO/c1-12-13(2)17-15(14(3)16(12)19)10-18(4,21-17)11-20-8-6-5-7-9-20/h5-11H2,1-4H3. The number of hydrogen-bond acceptors (Lipinski definition) is 2. The van der Waals surface area contributed by atoms with Crippen LogP contribution >= 0.6 is 15.9 Å². The third-order valence-corrected chi connectivity index (χ3v) is 6.38. The number of benzene rings is 1. The third-order valence-electron chi connectivity index (χ3n) is 5.19. The van der Waals surface area contributed by atoms with Crippen molar-refractivity contribution in [3.05, 3.63) is 26.7 Å². The molecule has 1 aromatic rings. The van der Waals surface area contributed by atoms with Gasteiger partial charge in [0.05, 0.1) is 0 Å². The number of likely N-dealkylation sites (tertiary alicyclic amines) is 1. The molecule has 0 N–H and O–H groups in total. The molecule has 21 heavy (non-hydrogen) atoms. The molecule has 0 amide bonds. The van der Waals surface area contributed by atoms with E-state index in [1.807, 2.05) is 0 Å². The van der Waals surface area contributed by atoms with Crippen LogP contribution in [0.25, 0.3) is 0 Å². The highest BCUT2D eigenvalue weighted by molar-refractivity contribution is 9.10. The molecule has 0 spiro atoms. The van der Waals surface area contributed by atoms with E-state index in [1.54, 1.807) is 0 Å². The van der Waals surface area contributed by atoms with Gasteiger partial charge in [-0.25, -0.2) is 0 Å². The molecule has 2 heterocycles. The molecular weight excluding hydrogens is 326 g/mol. The lowest BCUT2D eigenvalue weighted by atomic mass is 9.92. The Balaban J connectivity index is 1.86. The van der Waals surface area contributed by atoms with E-state index >= 15 is 0 Å².